The Balaban J connectivity index is 2.34. The normalized spacial score (nSPS) is 23.1. The summed E-state index contributed by atoms with van der Waals surface area (Å²) in [6, 6.07) is 0. The molecule has 1 aliphatic carbocycles. The summed E-state index contributed by atoms with van der Waals surface area (Å²) in [6.45, 7) is 4.44. The van der Waals surface area contributed by atoms with Gasteiger partial charge in [0, 0.05) is 6.54 Å². The monoisotopic (exact) mass is 255 g/mol. The van der Waals surface area contributed by atoms with Crippen LogP contribution in [0.1, 0.15) is 32.1 Å². The highest BCUT2D eigenvalue weighted by Crippen LogP contribution is 2.30. The van der Waals surface area contributed by atoms with Crippen LogP contribution in [0.5, 0.6) is 0 Å². The summed E-state index contributed by atoms with van der Waals surface area (Å²) >= 11 is 0. The van der Waals surface area contributed by atoms with Crippen molar-refractivity contribution in [3.63, 3.8) is 0 Å². The number of nitrogens with one attached hydrogen (secondary N) is 1. The zero-order valence-corrected chi connectivity index (χ0v) is 10.6. The Labute approximate surface area is 107 Å². The van der Waals surface area contributed by atoms with Gasteiger partial charge in [-0.15, -0.1) is 0 Å². The van der Waals surface area contributed by atoms with E-state index in [-0.39, 0.29) is 11.8 Å². The van der Waals surface area contributed by atoms with E-state index in [9.17, 15) is 9.59 Å². The SMILES string of the molecule is C=COCCCNC(=O)C1CCCCC1C(=O)O. The van der Waals surface area contributed by atoms with Crippen molar-refractivity contribution >= 4 is 11.9 Å². The van der Waals surface area contributed by atoms with Crippen molar-refractivity contribution in [1.82, 2.24) is 5.32 Å². The number of hydrogen-bond donors (Lipinski definition) is 2. The topological polar surface area (TPSA) is 75.6 Å². The lowest BCUT2D eigenvalue weighted by Crippen LogP contribution is -2.40. The number of aliphatic carboxylic acids is 1. The quantitative estimate of drug-likeness (QED) is 0.534. The fourth-order valence-corrected chi connectivity index (χ4v) is 2.32. The lowest BCUT2D eigenvalue weighted by Gasteiger charge is -2.27. The van der Waals surface area contributed by atoms with Crippen LogP contribution in [-0.2, 0) is 14.3 Å². The zero-order chi connectivity index (χ0) is 13.4. The molecule has 0 spiro atoms. The zero-order valence-electron chi connectivity index (χ0n) is 10.6. The van der Waals surface area contributed by atoms with Crippen LogP contribution < -0.4 is 5.32 Å². The lowest BCUT2D eigenvalue weighted by molar-refractivity contribution is -0.148. The van der Waals surface area contributed by atoms with Gasteiger partial charge in [0.05, 0.1) is 24.7 Å². The Morgan fingerprint density at radius 2 is 2.00 bits per heavy atom. The van der Waals surface area contributed by atoms with Crippen LogP contribution in [0.15, 0.2) is 12.8 Å². The molecule has 0 saturated heterocycles. The molecule has 1 rings (SSSR count). The maximum Gasteiger partial charge on any atom is 0.307 e. The minimum absolute atomic E-state index is 0.138. The first-order chi connectivity index (χ1) is 8.66. The van der Waals surface area contributed by atoms with Crippen molar-refractivity contribution in [2.75, 3.05) is 13.2 Å². The van der Waals surface area contributed by atoms with Gasteiger partial charge in [-0.05, 0) is 19.3 Å². The van der Waals surface area contributed by atoms with E-state index in [0.29, 0.717) is 32.4 Å². The number of carboxylic acid groups (broad SMARTS) is 1. The molecule has 1 aliphatic rings. The molecule has 1 amide bonds. The Morgan fingerprint density at radius 3 is 2.61 bits per heavy atom. The molecule has 0 heterocycles. The molecule has 5 heteroatoms. The first kappa shape index (κ1) is 14.5. The molecule has 0 bridgehead atoms. The molecule has 18 heavy (non-hydrogen) atoms. The number of carbonyl (C=O) groups is 2. The summed E-state index contributed by atoms with van der Waals surface area (Å²) in [7, 11) is 0. The Kier molecular flexibility index (Phi) is 6.25. The van der Waals surface area contributed by atoms with Crippen LogP contribution in [0.4, 0.5) is 0 Å². The van der Waals surface area contributed by atoms with Gasteiger partial charge < -0.3 is 15.2 Å². The highest BCUT2D eigenvalue weighted by molar-refractivity contribution is 5.84. The van der Waals surface area contributed by atoms with E-state index >= 15 is 0 Å². The number of carbonyl (C=O) groups excluding carboxylic acids is 1. The molecular formula is C13H21NO4. The van der Waals surface area contributed by atoms with Crippen LogP contribution in [0.2, 0.25) is 0 Å². The van der Waals surface area contributed by atoms with Crippen molar-refractivity contribution in [1.29, 1.82) is 0 Å². The van der Waals surface area contributed by atoms with E-state index in [4.69, 9.17) is 9.84 Å². The van der Waals surface area contributed by atoms with E-state index in [1.54, 1.807) is 0 Å². The fraction of sp³-hybridized carbons (Fsp3) is 0.692. The summed E-state index contributed by atoms with van der Waals surface area (Å²) in [6.07, 6.45) is 5.17. The first-order valence-corrected chi connectivity index (χ1v) is 6.40. The summed E-state index contributed by atoms with van der Waals surface area (Å²) < 4.78 is 4.94. The van der Waals surface area contributed by atoms with Gasteiger partial charge in [0.1, 0.15) is 0 Å². The maximum atomic E-state index is 11.9. The van der Waals surface area contributed by atoms with Crippen LogP contribution in [0.25, 0.3) is 0 Å². The lowest BCUT2D eigenvalue weighted by atomic mass is 9.79. The second kappa shape index (κ2) is 7.74. The minimum Gasteiger partial charge on any atom is -0.502 e. The van der Waals surface area contributed by atoms with Crippen LogP contribution in [0.3, 0.4) is 0 Å². The van der Waals surface area contributed by atoms with Crippen molar-refractivity contribution in [2.45, 2.75) is 32.1 Å². The average Bonchev–Trinajstić information content (AvgIpc) is 2.38. The number of ether oxygens (including phenoxy) is 1. The van der Waals surface area contributed by atoms with Gasteiger partial charge in [0.15, 0.2) is 0 Å². The largest absolute Gasteiger partial charge is 0.502 e. The summed E-state index contributed by atoms with van der Waals surface area (Å²) in [5.41, 5.74) is 0. The van der Waals surface area contributed by atoms with Gasteiger partial charge in [-0.1, -0.05) is 19.4 Å². The Morgan fingerprint density at radius 1 is 1.33 bits per heavy atom. The number of carboxylic acids is 1. The molecule has 2 unspecified atom stereocenters. The van der Waals surface area contributed by atoms with Crippen LogP contribution >= 0.6 is 0 Å². The molecule has 0 aliphatic heterocycles. The smallest absolute Gasteiger partial charge is 0.307 e. The van der Waals surface area contributed by atoms with Crippen molar-refractivity contribution < 1.29 is 19.4 Å². The number of amides is 1. The van der Waals surface area contributed by atoms with Crippen molar-refractivity contribution in [3.8, 4) is 0 Å². The van der Waals surface area contributed by atoms with E-state index in [2.05, 4.69) is 11.9 Å². The van der Waals surface area contributed by atoms with E-state index in [0.717, 1.165) is 12.8 Å². The average molecular weight is 255 g/mol. The number of rotatable bonds is 7. The first-order valence-electron chi connectivity index (χ1n) is 6.40. The molecule has 2 N–H and O–H groups in total. The van der Waals surface area contributed by atoms with Crippen LogP contribution in [-0.4, -0.2) is 30.1 Å². The predicted molar refractivity (Wildman–Crippen MR) is 66.9 cm³/mol. The molecule has 102 valence electrons. The molecule has 1 saturated carbocycles. The highest BCUT2D eigenvalue weighted by Gasteiger charge is 2.35. The van der Waals surface area contributed by atoms with Gasteiger partial charge in [-0.2, -0.15) is 0 Å². The standard InChI is InChI=1S/C13H21NO4/c1-2-18-9-5-8-14-12(15)10-6-3-4-7-11(10)13(16)17/h2,10-11H,1,3-9H2,(H,14,15)(H,16,17). The number of hydrogen-bond acceptors (Lipinski definition) is 3. The van der Waals surface area contributed by atoms with E-state index < -0.39 is 11.9 Å². The highest BCUT2D eigenvalue weighted by atomic mass is 16.5. The Hall–Kier alpha value is -1.52. The third-order valence-corrected chi connectivity index (χ3v) is 3.28. The van der Waals surface area contributed by atoms with Gasteiger partial charge in [-0.3, -0.25) is 9.59 Å². The van der Waals surface area contributed by atoms with Crippen LogP contribution in [0, 0.1) is 11.8 Å². The molecule has 1 fully saturated rings. The third-order valence-electron chi connectivity index (χ3n) is 3.28. The fourth-order valence-electron chi connectivity index (χ4n) is 2.32. The van der Waals surface area contributed by atoms with Gasteiger partial charge in [-0.25, -0.2) is 0 Å². The van der Waals surface area contributed by atoms with Crippen molar-refractivity contribution in [2.24, 2.45) is 11.8 Å². The van der Waals surface area contributed by atoms with Crippen molar-refractivity contribution in [3.05, 3.63) is 12.8 Å². The molecule has 0 aromatic rings. The summed E-state index contributed by atoms with van der Waals surface area (Å²) in [5, 5.41) is 11.9. The predicted octanol–water partition coefficient (Wildman–Crippen LogP) is 1.54. The van der Waals surface area contributed by atoms with E-state index in [1.807, 2.05) is 0 Å². The summed E-state index contributed by atoms with van der Waals surface area (Å²) in [5.74, 6) is -1.90. The van der Waals surface area contributed by atoms with Gasteiger partial charge in [0.25, 0.3) is 0 Å². The third kappa shape index (κ3) is 4.39. The minimum atomic E-state index is -0.857. The maximum absolute atomic E-state index is 11.9. The van der Waals surface area contributed by atoms with Gasteiger partial charge in [0.2, 0.25) is 5.91 Å². The van der Waals surface area contributed by atoms with Gasteiger partial charge >= 0.3 is 5.97 Å². The second-order valence-electron chi connectivity index (χ2n) is 4.52. The molecule has 0 aromatic carbocycles. The Bertz CT molecular complexity index is 303. The molecule has 5 nitrogen and oxygen atoms in total. The van der Waals surface area contributed by atoms with E-state index in [1.165, 1.54) is 6.26 Å². The summed E-state index contributed by atoms with van der Waals surface area (Å²) in [4.78, 5) is 23.0. The molecule has 0 radical (unpaired) electrons. The second-order valence-corrected chi connectivity index (χ2v) is 4.52. The molecule has 2 atom stereocenters. The molecule has 0 aromatic heterocycles. The molecular weight excluding hydrogens is 234 g/mol.